The van der Waals surface area contributed by atoms with Crippen molar-refractivity contribution in [2.75, 3.05) is 13.2 Å². The van der Waals surface area contributed by atoms with Crippen LogP contribution in [0.5, 0.6) is 11.5 Å². The summed E-state index contributed by atoms with van der Waals surface area (Å²) in [4.78, 5) is 19.1. The van der Waals surface area contributed by atoms with E-state index in [1.54, 1.807) is 6.07 Å². The molecule has 0 spiro atoms. The minimum absolute atomic E-state index is 0.0128. The Kier molecular flexibility index (Phi) is 7.62. The van der Waals surface area contributed by atoms with Crippen LogP contribution in [0.25, 0.3) is 0 Å². The van der Waals surface area contributed by atoms with Gasteiger partial charge in [0.2, 0.25) is 0 Å². The van der Waals surface area contributed by atoms with E-state index in [9.17, 15) is 55.4 Å². The maximum absolute atomic E-state index is 14.1. The van der Waals surface area contributed by atoms with Crippen molar-refractivity contribution < 1.29 is 54.4 Å². The zero-order chi connectivity index (χ0) is 27.5. The number of hydrogen-bond acceptors (Lipinski definition) is 7. The molecule has 36 heavy (non-hydrogen) atoms. The molecule has 0 fully saturated rings. The number of halogens is 8. The molecule has 0 heterocycles. The molecule has 194 valence electrons. The van der Waals surface area contributed by atoms with Gasteiger partial charge in [0.05, 0.1) is 27.5 Å². The van der Waals surface area contributed by atoms with Gasteiger partial charge >= 0.3 is 29.4 Å². The summed E-state index contributed by atoms with van der Waals surface area (Å²) in [5.74, 6) is -27.2. The molecule has 9 nitrogen and oxygen atoms in total. The van der Waals surface area contributed by atoms with Crippen molar-refractivity contribution in [3.8, 4) is 17.6 Å². The number of benzene rings is 2. The highest BCUT2D eigenvalue weighted by molar-refractivity contribution is 5.53. The quantitative estimate of drug-likeness (QED) is 0.217. The number of nitro benzene ring substituents is 2. The first-order valence-electron chi connectivity index (χ1n) is 9.17. The first-order valence-corrected chi connectivity index (χ1v) is 9.17. The van der Waals surface area contributed by atoms with Crippen molar-refractivity contribution in [1.82, 2.24) is 0 Å². The highest BCUT2D eigenvalue weighted by atomic mass is 19.4. The molecule has 0 aliphatic rings. The smallest absolute Gasteiger partial charge is 0.381 e. The van der Waals surface area contributed by atoms with Gasteiger partial charge in [-0.1, -0.05) is 0 Å². The second-order valence-corrected chi connectivity index (χ2v) is 6.94. The molecule has 0 N–H and O–H groups in total. The number of nitro groups is 2. The van der Waals surface area contributed by atoms with Crippen LogP contribution in [0.15, 0.2) is 42.5 Å². The predicted molar refractivity (Wildman–Crippen MR) is 102 cm³/mol. The SMILES string of the molecule is N#Cc1ccc(OCC(F)(F)C(F)(F)C(F)(F)C(F)(F)COc2ccc([N+](=O)[O-])cc2[N+](=O)[O-])cc1. The molecule has 0 unspecified atom stereocenters. The molecular formula is C19H11F8N3O6. The summed E-state index contributed by atoms with van der Waals surface area (Å²) in [6.45, 7) is -5.20. The fraction of sp³-hybridized carbons (Fsp3) is 0.316. The minimum Gasteiger partial charge on any atom is -0.487 e. The molecule has 2 aromatic carbocycles. The molecule has 0 aliphatic carbocycles. The van der Waals surface area contributed by atoms with Crippen LogP contribution in [0.1, 0.15) is 5.56 Å². The summed E-state index contributed by atoms with van der Waals surface area (Å²) < 4.78 is 121. The molecule has 0 saturated heterocycles. The van der Waals surface area contributed by atoms with E-state index in [0.29, 0.717) is 12.1 Å². The van der Waals surface area contributed by atoms with Gasteiger partial charge in [0.25, 0.3) is 5.69 Å². The number of non-ortho nitro benzene ring substituents is 1. The Hall–Kier alpha value is -4.23. The molecule has 0 amide bonds. The third-order valence-electron chi connectivity index (χ3n) is 4.48. The molecular weight excluding hydrogens is 518 g/mol. The summed E-state index contributed by atoms with van der Waals surface area (Å²) in [7, 11) is 0. The number of ether oxygens (including phenoxy) is 2. The van der Waals surface area contributed by atoms with E-state index in [-0.39, 0.29) is 11.6 Å². The molecule has 0 saturated carbocycles. The van der Waals surface area contributed by atoms with Crippen molar-refractivity contribution >= 4 is 11.4 Å². The predicted octanol–water partition coefficient (Wildman–Crippen LogP) is 5.37. The Bertz CT molecular complexity index is 1180. The third kappa shape index (κ3) is 5.37. The lowest BCUT2D eigenvalue weighted by molar-refractivity contribution is -0.395. The van der Waals surface area contributed by atoms with E-state index in [1.807, 2.05) is 0 Å². The Morgan fingerprint density at radius 3 is 1.72 bits per heavy atom. The summed E-state index contributed by atoms with van der Waals surface area (Å²) in [6.07, 6.45) is 0. The van der Waals surface area contributed by atoms with Crippen molar-refractivity contribution in [2.45, 2.75) is 23.7 Å². The van der Waals surface area contributed by atoms with Gasteiger partial charge in [-0.15, -0.1) is 0 Å². The Balaban J connectivity index is 2.23. The summed E-state index contributed by atoms with van der Waals surface area (Å²) in [5.41, 5.74) is -2.25. The number of nitriles is 1. The van der Waals surface area contributed by atoms with Crippen molar-refractivity contribution in [2.24, 2.45) is 0 Å². The number of nitrogens with zero attached hydrogens (tertiary/aromatic N) is 3. The van der Waals surface area contributed by atoms with Gasteiger partial charge in [0.1, 0.15) is 5.75 Å². The standard InChI is InChI=1S/C19H11F8N3O6/c20-16(21,9-35-13-4-1-11(8-28)2-5-13)18(24,25)19(26,27)17(22,23)10-36-15-6-3-12(29(31)32)7-14(15)30(33)34/h1-7H,9-10H2. The molecule has 0 radical (unpaired) electrons. The van der Waals surface area contributed by atoms with Crippen LogP contribution in [0.4, 0.5) is 46.5 Å². The van der Waals surface area contributed by atoms with E-state index in [4.69, 9.17) is 5.26 Å². The lowest BCUT2D eigenvalue weighted by atomic mass is 9.99. The normalized spacial score (nSPS) is 12.5. The summed E-state index contributed by atoms with van der Waals surface area (Å²) >= 11 is 0. The maximum atomic E-state index is 14.1. The molecule has 17 heteroatoms. The van der Waals surface area contributed by atoms with Gasteiger partial charge in [-0.05, 0) is 30.3 Å². The monoisotopic (exact) mass is 529 g/mol. The topological polar surface area (TPSA) is 129 Å². The van der Waals surface area contributed by atoms with Gasteiger partial charge in [0, 0.05) is 6.07 Å². The van der Waals surface area contributed by atoms with E-state index >= 15 is 0 Å². The van der Waals surface area contributed by atoms with Gasteiger partial charge in [0.15, 0.2) is 19.0 Å². The van der Waals surface area contributed by atoms with Crippen LogP contribution in [0.3, 0.4) is 0 Å². The maximum Gasteiger partial charge on any atom is 0.381 e. The average Bonchev–Trinajstić information content (AvgIpc) is 2.81. The molecule has 0 atom stereocenters. The third-order valence-corrected chi connectivity index (χ3v) is 4.48. The summed E-state index contributed by atoms with van der Waals surface area (Å²) in [6, 6.07) is 6.49. The van der Waals surface area contributed by atoms with Crippen molar-refractivity contribution in [1.29, 1.82) is 5.26 Å². The average molecular weight is 529 g/mol. The molecule has 0 aromatic heterocycles. The highest BCUT2D eigenvalue weighted by Gasteiger charge is 2.81. The molecule has 0 aliphatic heterocycles. The Labute approximate surface area is 194 Å². The highest BCUT2D eigenvalue weighted by Crippen LogP contribution is 2.53. The largest absolute Gasteiger partial charge is 0.487 e. The van der Waals surface area contributed by atoms with Crippen LogP contribution in [0, 0.1) is 31.6 Å². The second kappa shape index (κ2) is 9.79. The first-order chi connectivity index (χ1) is 16.5. The fourth-order valence-electron chi connectivity index (χ4n) is 2.49. The zero-order valence-electron chi connectivity index (χ0n) is 17.3. The van der Waals surface area contributed by atoms with E-state index in [2.05, 4.69) is 9.47 Å². The van der Waals surface area contributed by atoms with E-state index in [1.165, 1.54) is 0 Å². The Morgan fingerprint density at radius 1 is 0.778 bits per heavy atom. The lowest BCUT2D eigenvalue weighted by Gasteiger charge is -2.36. The van der Waals surface area contributed by atoms with Gasteiger partial charge in [-0.3, -0.25) is 20.2 Å². The van der Waals surface area contributed by atoms with Crippen molar-refractivity contribution in [3.63, 3.8) is 0 Å². The van der Waals surface area contributed by atoms with Gasteiger partial charge < -0.3 is 9.47 Å². The number of rotatable bonds is 11. The number of alkyl halides is 8. The second-order valence-electron chi connectivity index (χ2n) is 6.94. The Morgan fingerprint density at radius 2 is 1.28 bits per heavy atom. The van der Waals surface area contributed by atoms with E-state index < -0.39 is 69.6 Å². The van der Waals surface area contributed by atoms with Crippen LogP contribution in [-0.4, -0.2) is 46.8 Å². The minimum atomic E-state index is -6.77. The molecule has 0 bridgehead atoms. The summed E-state index contributed by atoms with van der Waals surface area (Å²) in [5, 5.41) is 30.2. The van der Waals surface area contributed by atoms with Crippen molar-refractivity contribution in [3.05, 3.63) is 68.3 Å². The van der Waals surface area contributed by atoms with Crippen LogP contribution < -0.4 is 9.47 Å². The molecule has 2 rings (SSSR count). The van der Waals surface area contributed by atoms with Gasteiger partial charge in [-0.25, -0.2) is 0 Å². The van der Waals surface area contributed by atoms with Crippen LogP contribution in [0.2, 0.25) is 0 Å². The molecule has 2 aromatic rings. The van der Waals surface area contributed by atoms with Crippen LogP contribution in [-0.2, 0) is 0 Å². The lowest BCUT2D eigenvalue weighted by Crippen LogP contribution is -2.65. The number of hydrogen-bond donors (Lipinski definition) is 0. The van der Waals surface area contributed by atoms with Gasteiger partial charge in [-0.2, -0.15) is 40.4 Å². The first kappa shape index (κ1) is 28.0. The zero-order valence-corrected chi connectivity index (χ0v) is 17.3. The van der Waals surface area contributed by atoms with Crippen LogP contribution >= 0.6 is 0 Å². The fourth-order valence-corrected chi connectivity index (χ4v) is 2.49. The van der Waals surface area contributed by atoms with E-state index in [0.717, 1.165) is 24.3 Å².